The first-order valence-electron chi connectivity index (χ1n) is 10.8. The zero-order valence-corrected chi connectivity index (χ0v) is 17.5. The van der Waals surface area contributed by atoms with Crippen molar-refractivity contribution in [2.75, 3.05) is 5.32 Å². The van der Waals surface area contributed by atoms with Crippen LogP contribution in [0.25, 0.3) is 11.0 Å². The lowest BCUT2D eigenvalue weighted by Crippen LogP contribution is -2.13. The zero-order chi connectivity index (χ0) is 21.9. The summed E-state index contributed by atoms with van der Waals surface area (Å²) in [6, 6.07) is 22.5. The van der Waals surface area contributed by atoms with Crippen molar-refractivity contribution in [2.24, 2.45) is 0 Å². The maximum Gasteiger partial charge on any atom is 0.255 e. The van der Waals surface area contributed by atoms with Crippen molar-refractivity contribution in [2.45, 2.75) is 31.8 Å². The molecule has 1 unspecified atom stereocenters. The second-order valence-corrected chi connectivity index (χ2v) is 8.07. The summed E-state index contributed by atoms with van der Waals surface area (Å²) in [6.45, 7) is 0. The number of ether oxygens (including phenoxy) is 1. The number of rotatable bonds is 6. The van der Waals surface area contributed by atoms with E-state index in [2.05, 4.69) is 29.6 Å². The summed E-state index contributed by atoms with van der Waals surface area (Å²) in [4.78, 5) is 24.9. The predicted octanol–water partition coefficient (Wildman–Crippen LogP) is 5.37. The number of para-hydroxylation sites is 1. The number of amides is 1. The molecule has 1 aromatic heterocycles. The Morgan fingerprint density at radius 2 is 1.88 bits per heavy atom. The molecule has 1 N–H and O–H groups in total. The first kappa shape index (κ1) is 20.1. The van der Waals surface area contributed by atoms with Crippen LogP contribution >= 0.6 is 0 Å². The van der Waals surface area contributed by atoms with Crippen molar-refractivity contribution < 1.29 is 13.9 Å². The molecule has 4 aromatic rings. The van der Waals surface area contributed by atoms with Crippen molar-refractivity contribution in [3.8, 4) is 5.75 Å². The minimum absolute atomic E-state index is 0.138. The lowest BCUT2D eigenvalue weighted by Gasteiger charge is -2.10. The van der Waals surface area contributed by atoms with Gasteiger partial charge in [-0.15, -0.1) is 0 Å². The van der Waals surface area contributed by atoms with Gasteiger partial charge in [0.05, 0.1) is 17.3 Å². The third kappa shape index (κ3) is 4.14. The Balaban J connectivity index is 1.25. The van der Waals surface area contributed by atoms with Gasteiger partial charge in [0.2, 0.25) is 0 Å². The fraction of sp³-hybridized carbons (Fsp3) is 0.185. The molecule has 0 bridgehead atoms. The third-order valence-corrected chi connectivity index (χ3v) is 5.83. The molecule has 5 heteroatoms. The average molecular weight is 425 g/mol. The zero-order valence-electron chi connectivity index (χ0n) is 17.5. The van der Waals surface area contributed by atoms with Crippen molar-refractivity contribution in [3.63, 3.8) is 0 Å². The van der Waals surface area contributed by atoms with Crippen LogP contribution in [0.15, 0.2) is 88.3 Å². The van der Waals surface area contributed by atoms with Crippen LogP contribution in [0.4, 0.5) is 5.69 Å². The number of hydrogen-bond acceptors (Lipinski definition) is 4. The SMILES string of the molecule is O=C(Nc1cccc2c(=O)ccoc12)c1ccc2c(c1)CC(CCCc1ccccc1)O2. The fourth-order valence-corrected chi connectivity index (χ4v) is 4.21. The Morgan fingerprint density at radius 3 is 2.75 bits per heavy atom. The maximum atomic E-state index is 12.9. The molecule has 0 radical (unpaired) electrons. The summed E-state index contributed by atoms with van der Waals surface area (Å²) < 4.78 is 11.6. The van der Waals surface area contributed by atoms with Crippen molar-refractivity contribution in [3.05, 3.63) is 106 Å². The highest BCUT2D eigenvalue weighted by Crippen LogP contribution is 2.32. The fourth-order valence-electron chi connectivity index (χ4n) is 4.21. The Labute approximate surface area is 185 Å². The molecule has 2 heterocycles. The van der Waals surface area contributed by atoms with E-state index in [1.165, 1.54) is 17.9 Å². The van der Waals surface area contributed by atoms with Crippen LogP contribution in [0.1, 0.15) is 34.3 Å². The van der Waals surface area contributed by atoms with Crippen molar-refractivity contribution >= 4 is 22.6 Å². The number of nitrogens with one attached hydrogen (secondary N) is 1. The van der Waals surface area contributed by atoms with E-state index in [0.717, 1.165) is 37.0 Å². The maximum absolute atomic E-state index is 12.9. The molecule has 1 atom stereocenters. The molecule has 1 aliphatic rings. The number of aryl methyl sites for hydroxylation is 1. The van der Waals surface area contributed by atoms with Gasteiger partial charge in [-0.25, -0.2) is 0 Å². The number of fused-ring (bicyclic) bond motifs is 2. The molecular weight excluding hydrogens is 402 g/mol. The molecule has 5 rings (SSSR count). The van der Waals surface area contributed by atoms with Gasteiger partial charge in [0.1, 0.15) is 11.9 Å². The van der Waals surface area contributed by atoms with Gasteiger partial charge in [0.15, 0.2) is 11.0 Å². The Kier molecular flexibility index (Phi) is 5.46. The minimum atomic E-state index is -0.251. The highest BCUT2D eigenvalue weighted by molar-refractivity contribution is 6.08. The normalized spacial score (nSPS) is 14.7. The lowest BCUT2D eigenvalue weighted by atomic mass is 10.0. The number of anilines is 1. The lowest BCUT2D eigenvalue weighted by molar-refractivity contribution is 0.102. The van der Waals surface area contributed by atoms with Gasteiger partial charge in [-0.05, 0) is 60.7 Å². The predicted molar refractivity (Wildman–Crippen MR) is 124 cm³/mol. The van der Waals surface area contributed by atoms with Gasteiger partial charge in [-0.1, -0.05) is 36.4 Å². The second-order valence-electron chi connectivity index (χ2n) is 8.07. The molecule has 5 nitrogen and oxygen atoms in total. The summed E-state index contributed by atoms with van der Waals surface area (Å²) in [5.41, 5.74) is 3.64. The van der Waals surface area contributed by atoms with Crippen LogP contribution in [-0.2, 0) is 12.8 Å². The third-order valence-electron chi connectivity index (χ3n) is 5.83. The average Bonchev–Trinajstić information content (AvgIpc) is 3.22. The van der Waals surface area contributed by atoms with E-state index in [0.29, 0.717) is 22.2 Å². The van der Waals surface area contributed by atoms with Crippen LogP contribution in [-0.4, -0.2) is 12.0 Å². The van der Waals surface area contributed by atoms with E-state index < -0.39 is 0 Å². The van der Waals surface area contributed by atoms with Crippen LogP contribution in [0.2, 0.25) is 0 Å². The largest absolute Gasteiger partial charge is 0.490 e. The molecule has 0 fully saturated rings. The van der Waals surface area contributed by atoms with E-state index in [1.807, 2.05) is 18.2 Å². The first-order valence-corrected chi connectivity index (χ1v) is 10.8. The highest BCUT2D eigenvalue weighted by Gasteiger charge is 2.24. The molecular formula is C27H23NO4. The summed E-state index contributed by atoms with van der Waals surface area (Å²) in [6.07, 6.45) is 5.34. The molecule has 0 spiro atoms. The van der Waals surface area contributed by atoms with Crippen molar-refractivity contribution in [1.29, 1.82) is 0 Å². The molecule has 32 heavy (non-hydrogen) atoms. The van der Waals surface area contributed by atoms with Gasteiger partial charge < -0.3 is 14.5 Å². The number of benzene rings is 3. The van der Waals surface area contributed by atoms with E-state index in [-0.39, 0.29) is 17.4 Å². The molecule has 0 saturated carbocycles. The van der Waals surface area contributed by atoms with E-state index >= 15 is 0 Å². The van der Waals surface area contributed by atoms with Crippen LogP contribution < -0.4 is 15.5 Å². The summed E-state index contributed by atoms with van der Waals surface area (Å²) in [5, 5.41) is 3.31. The Morgan fingerprint density at radius 1 is 1.00 bits per heavy atom. The van der Waals surface area contributed by atoms with Gasteiger partial charge in [-0.3, -0.25) is 9.59 Å². The van der Waals surface area contributed by atoms with E-state index in [9.17, 15) is 9.59 Å². The first-order chi connectivity index (χ1) is 15.7. The van der Waals surface area contributed by atoms with Gasteiger partial charge in [0, 0.05) is 18.1 Å². The number of hydrogen-bond donors (Lipinski definition) is 1. The molecule has 0 saturated heterocycles. The Hall–Kier alpha value is -3.86. The number of carbonyl (C=O) groups excluding carboxylic acids is 1. The standard InChI is InChI=1S/C27H23NO4/c29-24-14-15-31-26-22(24)10-5-11-23(26)28-27(30)19-12-13-25-20(16-19)17-21(32-25)9-4-8-18-6-2-1-3-7-18/h1-3,5-7,10-16,21H,4,8-9,17H2,(H,28,30). The topological polar surface area (TPSA) is 68.5 Å². The molecule has 160 valence electrons. The quantitative estimate of drug-likeness (QED) is 0.451. The number of carbonyl (C=O) groups is 1. The minimum Gasteiger partial charge on any atom is -0.490 e. The Bertz CT molecular complexity index is 1330. The molecule has 1 aliphatic heterocycles. The molecule has 1 amide bonds. The van der Waals surface area contributed by atoms with Gasteiger partial charge >= 0.3 is 0 Å². The summed E-state index contributed by atoms with van der Waals surface area (Å²) in [5.74, 6) is 0.599. The van der Waals surface area contributed by atoms with E-state index in [4.69, 9.17) is 9.15 Å². The summed E-state index contributed by atoms with van der Waals surface area (Å²) >= 11 is 0. The monoisotopic (exact) mass is 425 g/mol. The van der Waals surface area contributed by atoms with Crippen LogP contribution in [0, 0.1) is 0 Å². The smallest absolute Gasteiger partial charge is 0.255 e. The van der Waals surface area contributed by atoms with Crippen molar-refractivity contribution in [1.82, 2.24) is 0 Å². The van der Waals surface area contributed by atoms with Gasteiger partial charge in [0.25, 0.3) is 5.91 Å². The van der Waals surface area contributed by atoms with Crippen LogP contribution in [0.3, 0.4) is 0 Å². The molecule has 3 aromatic carbocycles. The molecule has 0 aliphatic carbocycles. The summed E-state index contributed by atoms with van der Waals surface area (Å²) in [7, 11) is 0. The van der Waals surface area contributed by atoms with Gasteiger partial charge in [-0.2, -0.15) is 0 Å². The highest BCUT2D eigenvalue weighted by atomic mass is 16.5. The van der Waals surface area contributed by atoms with Crippen LogP contribution in [0.5, 0.6) is 5.75 Å². The second kappa shape index (κ2) is 8.71. The van der Waals surface area contributed by atoms with E-state index in [1.54, 1.807) is 24.3 Å².